The first-order chi connectivity index (χ1) is 16.3. The van der Waals surface area contributed by atoms with E-state index < -0.39 is 0 Å². The Morgan fingerprint density at radius 1 is 0.485 bits per heavy atom. The minimum Gasteiger partial charge on any atom is -0.351 e. The number of rotatable bonds is 28. The highest BCUT2D eigenvalue weighted by Gasteiger charge is 2.06. The second kappa shape index (κ2) is 29.7. The van der Waals surface area contributed by atoms with Crippen LogP contribution in [0.5, 0.6) is 0 Å². The van der Waals surface area contributed by atoms with Crippen molar-refractivity contribution in [2.75, 3.05) is 19.8 Å². The van der Waals surface area contributed by atoms with Crippen LogP contribution in [0, 0.1) is 0 Å². The molecule has 0 fully saturated rings. The minimum atomic E-state index is -0.210. The van der Waals surface area contributed by atoms with Gasteiger partial charge in [-0.05, 0) is 38.5 Å². The van der Waals surface area contributed by atoms with Crippen LogP contribution in [-0.2, 0) is 9.47 Å². The van der Waals surface area contributed by atoms with E-state index in [4.69, 9.17) is 15.2 Å². The summed E-state index contributed by atoms with van der Waals surface area (Å²) >= 11 is 0. The molecule has 0 aliphatic carbocycles. The molecule has 0 radical (unpaired) electrons. The van der Waals surface area contributed by atoms with Gasteiger partial charge in [0.1, 0.15) is 0 Å². The van der Waals surface area contributed by atoms with E-state index in [1.807, 2.05) is 0 Å². The molecule has 0 saturated heterocycles. The predicted octanol–water partition coefficient (Wildman–Crippen LogP) is 9.48. The van der Waals surface area contributed by atoms with Crippen molar-refractivity contribution in [3.63, 3.8) is 0 Å². The Morgan fingerprint density at radius 3 is 1.18 bits per heavy atom. The van der Waals surface area contributed by atoms with E-state index in [-0.39, 0.29) is 6.29 Å². The first-order valence-corrected chi connectivity index (χ1v) is 14.9. The molecule has 1 unspecified atom stereocenters. The van der Waals surface area contributed by atoms with Crippen LogP contribution in [0.25, 0.3) is 0 Å². The monoisotopic (exact) mass is 467 g/mol. The third kappa shape index (κ3) is 27.7. The molecule has 0 heterocycles. The zero-order valence-corrected chi connectivity index (χ0v) is 22.8. The molecule has 2 N–H and O–H groups in total. The predicted molar refractivity (Wildman–Crippen MR) is 147 cm³/mol. The molecule has 0 spiro atoms. The van der Waals surface area contributed by atoms with E-state index in [0.29, 0.717) is 6.54 Å². The molecule has 3 heteroatoms. The molecule has 0 aliphatic rings. The van der Waals surface area contributed by atoms with Crippen molar-refractivity contribution in [2.24, 2.45) is 5.73 Å². The van der Waals surface area contributed by atoms with Crippen LogP contribution in [-0.4, -0.2) is 26.0 Å². The lowest BCUT2D eigenvalue weighted by Gasteiger charge is -2.16. The molecular formula is C30H61NO2. The first-order valence-electron chi connectivity index (χ1n) is 14.9. The summed E-state index contributed by atoms with van der Waals surface area (Å²) in [6.07, 6.45) is 33.8. The number of nitrogens with two attached hydrogens (primary N) is 1. The fraction of sp³-hybridized carbons (Fsp3) is 0.933. The largest absolute Gasteiger partial charge is 0.351 e. The van der Waals surface area contributed by atoms with Crippen molar-refractivity contribution in [3.8, 4) is 0 Å². The Kier molecular flexibility index (Phi) is 29.3. The van der Waals surface area contributed by atoms with Gasteiger partial charge in [-0.25, -0.2) is 0 Å². The molecule has 0 aliphatic heterocycles. The topological polar surface area (TPSA) is 44.5 Å². The summed E-state index contributed by atoms with van der Waals surface area (Å²) < 4.78 is 11.6. The molecule has 0 aromatic carbocycles. The van der Waals surface area contributed by atoms with E-state index >= 15 is 0 Å². The van der Waals surface area contributed by atoms with Gasteiger partial charge in [-0.1, -0.05) is 129 Å². The lowest BCUT2D eigenvalue weighted by Crippen LogP contribution is -2.27. The van der Waals surface area contributed by atoms with Crippen LogP contribution in [0.4, 0.5) is 0 Å². The number of unbranched alkanes of at least 4 members (excludes halogenated alkanes) is 19. The average Bonchev–Trinajstić information content (AvgIpc) is 2.83. The molecular weight excluding hydrogens is 406 g/mol. The highest BCUT2D eigenvalue weighted by atomic mass is 16.7. The van der Waals surface area contributed by atoms with E-state index in [1.165, 1.54) is 128 Å². The summed E-state index contributed by atoms with van der Waals surface area (Å²) in [5.41, 5.74) is 5.80. The summed E-state index contributed by atoms with van der Waals surface area (Å²) in [5, 5.41) is 0. The van der Waals surface area contributed by atoms with Crippen LogP contribution >= 0.6 is 0 Å². The lowest BCUT2D eigenvalue weighted by atomic mass is 10.1. The van der Waals surface area contributed by atoms with Crippen LogP contribution in [0.1, 0.15) is 155 Å². The van der Waals surface area contributed by atoms with Crippen LogP contribution < -0.4 is 5.73 Å². The van der Waals surface area contributed by atoms with Gasteiger partial charge in [0.2, 0.25) is 0 Å². The summed E-state index contributed by atoms with van der Waals surface area (Å²) in [6, 6.07) is 0. The van der Waals surface area contributed by atoms with Crippen molar-refractivity contribution in [1.29, 1.82) is 0 Å². The quantitative estimate of drug-likeness (QED) is 0.0707. The zero-order valence-electron chi connectivity index (χ0n) is 22.8. The maximum Gasteiger partial charge on any atom is 0.169 e. The third-order valence-electron chi connectivity index (χ3n) is 6.45. The van der Waals surface area contributed by atoms with E-state index in [0.717, 1.165) is 26.1 Å². The van der Waals surface area contributed by atoms with Gasteiger partial charge in [-0.15, -0.1) is 0 Å². The zero-order chi connectivity index (χ0) is 24.1. The number of ether oxygens (including phenoxy) is 2. The standard InChI is InChI=1S/C30H61NO2/c1-3-5-7-9-11-13-14-15-16-17-18-19-20-22-24-26-28-33-30(29-31)32-27-25-23-21-12-10-8-6-4-2/h15-16,30H,3-14,17-29,31H2,1-2H3. The maximum absolute atomic E-state index is 5.83. The Labute approximate surface area is 208 Å². The summed E-state index contributed by atoms with van der Waals surface area (Å²) in [4.78, 5) is 0. The lowest BCUT2D eigenvalue weighted by molar-refractivity contribution is -0.137. The molecule has 0 aromatic heterocycles. The summed E-state index contributed by atoms with van der Waals surface area (Å²) in [7, 11) is 0. The van der Waals surface area contributed by atoms with Gasteiger partial charge >= 0.3 is 0 Å². The normalized spacial score (nSPS) is 12.7. The second-order valence-corrected chi connectivity index (χ2v) is 9.82. The van der Waals surface area contributed by atoms with E-state index in [1.54, 1.807) is 0 Å². The minimum absolute atomic E-state index is 0.210. The maximum atomic E-state index is 5.83. The van der Waals surface area contributed by atoms with Crippen LogP contribution in [0.2, 0.25) is 0 Å². The van der Waals surface area contributed by atoms with E-state index in [9.17, 15) is 0 Å². The van der Waals surface area contributed by atoms with Crippen LogP contribution in [0.3, 0.4) is 0 Å². The van der Waals surface area contributed by atoms with Crippen molar-refractivity contribution in [2.45, 2.75) is 161 Å². The highest BCUT2D eigenvalue weighted by Crippen LogP contribution is 2.11. The number of allylic oxidation sites excluding steroid dienone is 2. The van der Waals surface area contributed by atoms with E-state index in [2.05, 4.69) is 26.0 Å². The van der Waals surface area contributed by atoms with Gasteiger partial charge in [-0.2, -0.15) is 0 Å². The van der Waals surface area contributed by atoms with Crippen molar-refractivity contribution in [1.82, 2.24) is 0 Å². The van der Waals surface area contributed by atoms with Crippen LogP contribution in [0.15, 0.2) is 12.2 Å². The molecule has 0 bridgehead atoms. The van der Waals surface area contributed by atoms with Crippen molar-refractivity contribution < 1.29 is 9.47 Å². The molecule has 198 valence electrons. The summed E-state index contributed by atoms with van der Waals surface area (Å²) in [5.74, 6) is 0. The number of hydrogen-bond acceptors (Lipinski definition) is 3. The van der Waals surface area contributed by atoms with Gasteiger partial charge < -0.3 is 15.2 Å². The molecule has 33 heavy (non-hydrogen) atoms. The molecule has 0 aromatic rings. The van der Waals surface area contributed by atoms with Crippen molar-refractivity contribution in [3.05, 3.63) is 12.2 Å². The van der Waals surface area contributed by atoms with Gasteiger partial charge in [0, 0.05) is 19.8 Å². The smallest absolute Gasteiger partial charge is 0.169 e. The number of hydrogen-bond donors (Lipinski definition) is 1. The summed E-state index contributed by atoms with van der Waals surface area (Å²) in [6.45, 7) is 6.57. The Hall–Kier alpha value is -0.380. The van der Waals surface area contributed by atoms with Crippen molar-refractivity contribution >= 4 is 0 Å². The Morgan fingerprint density at radius 2 is 0.818 bits per heavy atom. The fourth-order valence-corrected chi connectivity index (χ4v) is 4.20. The molecule has 0 rings (SSSR count). The fourth-order valence-electron chi connectivity index (χ4n) is 4.20. The SMILES string of the molecule is CCCCCCCCC=CCCCCCCCCOC(CN)OCCCCCCCCCC. The molecule has 0 amide bonds. The Balaban J connectivity index is 3.29. The molecule has 0 saturated carbocycles. The highest BCUT2D eigenvalue weighted by molar-refractivity contribution is 4.81. The Bertz CT molecular complexity index is 372. The van der Waals surface area contributed by atoms with Gasteiger partial charge in [0.15, 0.2) is 6.29 Å². The second-order valence-electron chi connectivity index (χ2n) is 9.82. The first kappa shape index (κ1) is 32.6. The molecule has 1 atom stereocenters. The van der Waals surface area contributed by atoms with Gasteiger partial charge in [-0.3, -0.25) is 0 Å². The third-order valence-corrected chi connectivity index (χ3v) is 6.45. The van der Waals surface area contributed by atoms with Gasteiger partial charge in [0.05, 0.1) is 0 Å². The average molecular weight is 468 g/mol. The molecule has 3 nitrogen and oxygen atoms in total. The van der Waals surface area contributed by atoms with Gasteiger partial charge in [0.25, 0.3) is 0 Å².